The van der Waals surface area contributed by atoms with Crippen molar-refractivity contribution in [3.8, 4) is 0 Å². The minimum Gasteiger partial charge on any atom is -0.300 e. The summed E-state index contributed by atoms with van der Waals surface area (Å²) in [5.74, 6) is -0.434. The molecule has 0 fully saturated rings. The minimum absolute atomic E-state index is 0.167. The molecular weight excluding hydrogens is 194 g/mol. The molecule has 1 aliphatic heterocycles. The Bertz CT molecular complexity index is 387. The first kappa shape index (κ1) is 11.1. The first-order valence-electron chi connectivity index (χ1n) is 4.44. The molecular formula is C11H11NO3. The van der Waals surface area contributed by atoms with Crippen LogP contribution in [-0.2, 0) is 4.79 Å². The maximum atomic E-state index is 10.9. The molecule has 1 heterocycles. The number of Topliss-reactive ketones (excluding diaryl/α,β-unsaturated/α-hetero) is 1. The quantitative estimate of drug-likeness (QED) is 0.646. The van der Waals surface area contributed by atoms with E-state index in [0.29, 0.717) is 11.1 Å². The molecule has 0 aromatic heterocycles. The molecule has 0 unspecified atom stereocenters. The van der Waals surface area contributed by atoms with Gasteiger partial charge in [-0.05, 0) is 26.0 Å². The van der Waals surface area contributed by atoms with E-state index in [4.69, 9.17) is 0 Å². The molecule has 0 radical (unpaired) electrons. The van der Waals surface area contributed by atoms with E-state index in [0.717, 1.165) is 0 Å². The zero-order valence-corrected chi connectivity index (χ0v) is 8.53. The fraction of sp³-hybridized carbons (Fsp3) is 0.182. The Balaban J connectivity index is 0.000000245. The molecule has 15 heavy (non-hydrogen) atoms. The zero-order valence-electron chi connectivity index (χ0n) is 8.53. The van der Waals surface area contributed by atoms with Crippen LogP contribution in [0.5, 0.6) is 0 Å². The third kappa shape index (κ3) is 2.74. The molecule has 0 saturated heterocycles. The molecule has 1 N–H and O–H groups in total. The monoisotopic (exact) mass is 205 g/mol. The molecule has 2 amide bonds. The second kappa shape index (κ2) is 4.50. The van der Waals surface area contributed by atoms with Crippen LogP contribution in [-0.4, -0.2) is 17.6 Å². The first-order valence-corrected chi connectivity index (χ1v) is 4.44. The van der Waals surface area contributed by atoms with Crippen LogP contribution in [0.25, 0.3) is 0 Å². The number of hydrogen-bond acceptors (Lipinski definition) is 3. The normalized spacial score (nSPS) is 12.4. The van der Waals surface area contributed by atoms with E-state index < -0.39 is 0 Å². The molecule has 4 heteroatoms. The lowest BCUT2D eigenvalue weighted by atomic mass is 10.1. The smallest absolute Gasteiger partial charge is 0.258 e. The Kier molecular flexibility index (Phi) is 3.33. The Morgan fingerprint density at radius 1 is 1.00 bits per heavy atom. The van der Waals surface area contributed by atoms with Crippen molar-refractivity contribution in [1.29, 1.82) is 0 Å². The van der Waals surface area contributed by atoms with E-state index in [-0.39, 0.29) is 17.6 Å². The highest BCUT2D eigenvalue weighted by Crippen LogP contribution is 2.13. The molecule has 0 aliphatic carbocycles. The SMILES string of the molecule is CC(C)=O.O=C1NC(=O)c2ccccc21. The van der Waals surface area contributed by atoms with E-state index in [2.05, 4.69) is 5.32 Å². The van der Waals surface area contributed by atoms with Gasteiger partial charge in [0.05, 0.1) is 11.1 Å². The molecule has 78 valence electrons. The number of amides is 2. The van der Waals surface area contributed by atoms with Gasteiger partial charge >= 0.3 is 0 Å². The van der Waals surface area contributed by atoms with Crippen LogP contribution in [0.3, 0.4) is 0 Å². The Labute approximate surface area is 87.3 Å². The van der Waals surface area contributed by atoms with Gasteiger partial charge < -0.3 is 4.79 Å². The Hall–Kier alpha value is -1.97. The maximum Gasteiger partial charge on any atom is 0.258 e. The average Bonchev–Trinajstić information content (AvgIpc) is 2.43. The van der Waals surface area contributed by atoms with Crippen molar-refractivity contribution < 1.29 is 14.4 Å². The fourth-order valence-electron chi connectivity index (χ4n) is 1.12. The van der Waals surface area contributed by atoms with Gasteiger partial charge in [-0.3, -0.25) is 14.9 Å². The highest BCUT2D eigenvalue weighted by Gasteiger charge is 2.25. The van der Waals surface area contributed by atoms with E-state index in [1.165, 1.54) is 13.8 Å². The van der Waals surface area contributed by atoms with Gasteiger partial charge in [0.15, 0.2) is 0 Å². The van der Waals surface area contributed by atoms with Crippen molar-refractivity contribution in [1.82, 2.24) is 5.32 Å². The Morgan fingerprint density at radius 3 is 1.67 bits per heavy atom. The van der Waals surface area contributed by atoms with Gasteiger partial charge in [-0.25, -0.2) is 0 Å². The van der Waals surface area contributed by atoms with Crippen LogP contribution in [0.2, 0.25) is 0 Å². The number of hydrogen-bond donors (Lipinski definition) is 1. The molecule has 0 spiro atoms. The van der Waals surface area contributed by atoms with Gasteiger partial charge in [-0.1, -0.05) is 12.1 Å². The summed E-state index contributed by atoms with van der Waals surface area (Å²) in [4.78, 5) is 31.3. The van der Waals surface area contributed by atoms with Crippen LogP contribution in [0.1, 0.15) is 34.6 Å². The average molecular weight is 205 g/mol. The van der Waals surface area contributed by atoms with Crippen molar-refractivity contribution in [2.75, 3.05) is 0 Å². The summed E-state index contributed by atoms with van der Waals surface area (Å²) in [5, 5.41) is 2.20. The number of imide groups is 1. The van der Waals surface area contributed by atoms with Crippen molar-refractivity contribution in [3.05, 3.63) is 35.4 Å². The molecule has 0 saturated carbocycles. The summed E-state index contributed by atoms with van der Waals surface area (Å²) in [6.07, 6.45) is 0. The van der Waals surface area contributed by atoms with E-state index in [9.17, 15) is 14.4 Å². The summed E-state index contributed by atoms with van der Waals surface area (Å²) < 4.78 is 0. The third-order valence-corrected chi connectivity index (χ3v) is 1.64. The third-order valence-electron chi connectivity index (χ3n) is 1.64. The summed E-state index contributed by atoms with van der Waals surface area (Å²) >= 11 is 0. The summed E-state index contributed by atoms with van der Waals surface area (Å²) in [6, 6.07) is 6.74. The van der Waals surface area contributed by atoms with Crippen LogP contribution in [0, 0.1) is 0 Å². The van der Waals surface area contributed by atoms with Gasteiger partial charge in [0.2, 0.25) is 0 Å². The zero-order chi connectivity index (χ0) is 11.4. The molecule has 0 atom stereocenters. The van der Waals surface area contributed by atoms with E-state index in [1.54, 1.807) is 24.3 Å². The molecule has 1 aromatic carbocycles. The number of nitrogens with one attached hydrogen (secondary N) is 1. The topological polar surface area (TPSA) is 63.2 Å². The van der Waals surface area contributed by atoms with Gasteiger partial charge in [0.25, 0.3) is 11.8 Å². The number of carbonyl (C=O) groups excluding carboxylic acids is 3. The lowest BCUT2D eigenvalue weighted by Crippen LogP contribution is -2.19. The highest BCUT2D eigenvalue weighted by atomic mass is 16.2. The van der Waals surface area contributed by atoms with Crippen molar-refractivity contribution in [2.45, 2.75) is 13.8 Å². The Morgan fingerprint density at radius 2 is 1.33 bits per heavy atom. The highest BCUT2D eigenvalue weighted by molar-refractivity contribution is 6.21. The number of ketones is 1. The van der Waals surface area contributed by atoms with Gasteiger partial charge in [0, 0.05) is 0 Å². The van der Waals surface area contributed by atoms with E-state index in [1.807, 2.05) is 0 Å². The predicted octanol–water partition coefficient (Wildman–Crippen LogP) is 1.17. The van der Waals surface area contributed by atoms with Gasteiger partial charge in [0.1, 0.15) is 5.78 Å². The number of fused-ring (bicyclic) bond motifs is 1. The minimum atomic E-state index is -0.300. The van der Waals surface area contributed by atoms with Crippen molar-refractivity contribution >= 4 is 17.6 Å². The summed E-state index contributed by atoms with van der Waals surface area (Å²) in [6.45, 7) is 3.06. The molecule has 1 aromatic rings. The standard InChI is InChI=1S/C8H5NO2.C3H6O/c10-7-5-3-1-2-4-6(5)8(11)9-7;1-3(2)4/h1-4H,(H,9,10,11);1-2H3. The van der Waals surface area contributed by atoms with E-state index >= 15 is 0 Å². The molecule has 0 bridgehead atoms. The van der Waals surface area contributed by atoms with Gasteiger partial charge in [-0.15, -0.1) is 0 Å². The molecule has 2 rings (SSSR count). The molecule has 1 aliphatic rings. The largest absolute Gasteiger partial charge is 0.300 e. The first-order chi connectivity index (χ1) is 7.02. The predicted molar refractivity (Wildman–Crippen MR) is 54.6 cm³/mol. The lowest BCUT2D eigenvalue weighted by Gasteiger charge is -1.88. The van der Waals surface area contributed by atoms with Crippen LogP contribution >= 0.6 is 0 Å². The van der Waals surface area contributed by atoms with Crippen LogP contribution in [0.4, 0.5) is 0 Å². The second-order valence-corrected chi connectivity index (χ2v) is 3.24. The second-order valence-electron chi connectivity index (χ2n) is 3.24. The van der Waals surface area contributed by atoms with Crippen LogP contribution < -0.4 is 5.32 Å². The number of benzene rings is 1. The molecule has 4 nitrogen and oxygen atoms in total. The lowest BCUT2D eigenvalue weighted by molar-refractivity contribution is -0.115. The fourth-order valence-corrected chi connectivity index (χ4v) is 1.12. The van der Waals surface area contributed by atoms with Crippen molar-refractivity contribution in [2.24, 2.45) is 0 Å². The summed E-state index contributed by atoms with van der Waals surface area (Å²) in [7, 11) is 0. The van der Waals surface area contributed by atoms with Gasteiger partial charge in [-0.2, -0.15) is 0 Å². The number of rotatable bonds is 0. The summed E-state index contributed by atoms with van der Waals surface area (Å²) in [5.41, 5.74) is 0.940. The number of carbonyl (C=O) groups is 3. The van der Waals surface area contributed by atoms with Crippen LogP contribution in [0.15, 0.2) is 24.3 Å². The maximum absolute atomic E-state index is 10.9. The van der Waals surface area contributed by atoms with Crippen molar-refractivity contribution in [3.63, 3.8) is 0 Å².